The maximum Gasteiger partial charge on any atom is 0.433 e. The van der Waals surface area contributed by atoms with Crippen LogP contribution in [0.2, 0.25) is 0 Å². The summed E-state index contributed by atoms with van der Waals surface area (Å²) in [5.74, 6) is 2.36. The molecule has 0 amide bonds. The third kappa shape index (κ3) is 4.92. The van der Waals surface area contributed by atoms with Crippen molar-refractivity contribution in [3.63, 3.8) is 0 Å². The molecule has 0 spiro atoms. The Kier molecular flexibility index (Phi) is 5.51. The Morgan fingerprint density at radius 1 is 1.29 bits per heavy atom. The highest BCUT2D eigenvalue weighted by Gasteiger charge is 2.33. The molecule has 0 unspecified atom stereocenters. The van der Waals surface area contributed by atoms with Gasteiger partial charge in [0.05, 0.1) is 0 Å². The molecule has 1 aromatic rings. The van der Waals surface area contributed by atoms with E-state index in [9.17, 15) is 13.2 Å². The summed E-state index contributed by atoms with van der Waals surface area (Å²) in [5, 5.41) is 5.48. The fourth-order valence-corrected chi connectivity index (χ4v) is 2.94. The molecule has 5 nitrogen and oxygen atoms in total. The molecule has 0 saturated carbocycles. The van der Waals surface area contributed by atoms with Crippen LogP contribution in [0.1, 0.15) is 5.69 Å². The van der Waals surface area contributed by atoms with Crippen molar-refractivity contribution in [2.24, 2.45) is 0 Å². The normalized spacial score (nSPS) is 16.8. The maximum atomic E-state index is 12.7. The van der Waals surface area contributed by atoms with E-state index in [1.165, 1.54) is 7.05 Å². The molecule has 9 heteroatoms. The molecular formula is C12H18F3N5S. The molecule has 118 valence electrons. The van der Waals surface area contributed by atoms with E-state index in [0.29, 0.717) is 6.54 Å². The summed E-state index contributed by atoms with van der Waals surface area (Å²) in [5.41, 5.74) is -0.946. The van der Waals surface area contributed by atoms with Crippen LogP contribution in [-0.4, -0.2) is 59.6 Å². The minimum atomic E-state index is -4.48. The smallest absolute Gasteiger partial charge is 0.369 e. The van der Waals surface area contributed by atoms with Crippen LogP contribution >= 0.6 is 11.8 Å². The highest BCUT2D eigenvalue weighted by atomic mass is 32.2. The molecule has 2 heterocycles. The van der Waals surface area contributed by atoms with Crippen LogP contribution in [0.25, 0.3) is 0 Å². The first kappa shape index (κ1) is 16.2. The molecule has 21 heavy (non-hydrogen) atoms. The summed E-state index contributed by atoms with van der Waals surface area (Å²) < 4.78 is 38.2. The van der Waals surface area contributed by atoms with Gasteiger partial charge in [-0.15, -0.1) is 0 Å². The fraction of sp³-hybridized carbons (Fsp3) is 0.667. The fourth-order valence-electron chi connectivity index (χ4n) is 1.96. The van der Waals surface area contributed by atoms with E-state index < -0.39 is 11.9 Å². The van der Waals surface area contributed by atoms with E-state index in [1.54, 1.807) is 0 Å². The summed E-state index contributed by atoms with van der Waals surface area (Å²) >= 11 is 1.92. The zero-order valence-corrected chi connectivity index (χ0v) is 12.5. The summed E-state index contributed by atoms with van der Waals surface area (Å²) in [7, 11) is 1.49. The van der Waals surface area contributed by atoms with Crippen molar-refractivity contribution in [1.29, 1.82) is 0 Å². The number of thioether (sulfide) groups is 1. The number of halogens is 3. The second-order valence-electron chi connectivity index (χ2n) is 4.59. The van der Waals surface area contributed by atoms with Crippen LogP contribution in [0.5, 0.6) is 0 Å². The SMILES string of the molecule is CNc1nc(NCCN2CCSCC2)cc(C(F)(F)F)n1. The summed E-state index contributed by atoms with van der Waals surface area (Å²) in [6, 6.07) is 0.937. The van der Waals surface area contributed by atoms with Gasteiger partial charge < -0.3 is 10.6 Å². The van der Waals surface area contributed by atoms with E-state index in [1.807, 2.05) is 11.8 Å². The predicted octanol–water partition coefficient (Wildman–Crippen LogP) is 2.00. The van der Waals surface area contributed by atoms with Gasteiger partial charge in [-0.3, -0.25) is 4.90 Å². The number of alkyl halides is 3. The van der Waals surface area contributed by atoms with Crippen molar-refractivity contribution in [3.8, 4) is 0 Å². The molecule has 1 aliphatic rings. The van der Waals surface area contributed by atoms with Crippen molar-refractivity contribution in [1.82, 2.24) is 14.9 Å². The predicted molar refractivity (Wildman–Crippen MR) is 78.8 cm³/mol. The van der Waals surface area contributed by atoms with Crippen molar-refractivity contribution >= 4 is 23.5 Å². The topological polar surface area (TPSA) is 53.1 Å². The largest absolute Gasteiger partial charge is 0.433 e. The van der Waals surface area contributed by atoms with E-state index in [2.05, 4.69) is 25.5 Å². The third-order valence-corrected chi connectivity index (χ3v) is 4.02. The molecule has 1 aromatic heterocycles. The van der Waals surface area contributed by atoms with Gasteiger partial charge >= 0.3 is 6.18 Å². The molecule has 0 radical (unpaired) electrons. The number of aromatic nitrogens is 2. The summed E-state index contributed by atoms with van der Waals surface area (Å²) in [6.45, 7) is 3.39. The Labute approximate surface area is 125 Å². The number of nitrogens with one attached hydrogen (secondary N) is 2. The number of hydrogen-bond acceptors (Lipinski definition) is 6. The van der Waals surface area contributed by atoms with Gasteiger partial charge in [0, 0.05) is 50.8 Å². The van der Waals surface area contributed by atoms with Gasteiger partial charge in [-0.1, -0.05) is 0 Å². The highest BCUT2D eigenvalue weighted by Crippen LogP contribution is 2.29. The monoisotopic (exact) mass is 321 g/mol. The van der Waals surface area contributed by atoms with Crippen LogP contribution in [-0.2, 0) is 6.18 Å². The molecule has 0 bridgehead atoms. The summed E-state index contributed by atoms with van der Waals surface area (Å²) in [6.07, 6.45) is -4.48. The maximum absolute atomic E-state index is 12.7. The molecule has 0 atom stereocenters. The summed E-state index contributed by atoms with van der Waals surface area (Å²) in [4.78, 5) is 9.70. The lowest BCUT2D eigenvalue weighted by Crippen LogP contribution is -2.36. The number of nitrogens with zero attached hydrogens (tertiary/aromatic N) is 3. The number of anilines is 2. The van der Waals surface area contributed by atoms with Crippen LogP contribution < -0.4 is 10.6 Å². The van der Waals surface area contributed by atoms with E-state index >= 15 is 0 Å². The second kappa shape index (κ2) is 7.17. The molecule has 1 fully saturated rings. The Morgan fingerprint density at radius 2 is 2.00 bits per heavy atom. The van der Waals surface area contributed by atoms with Gasteiger partial charge in [0.25, 0.3) is 0 Å². The van der Waals surface area contributed by atoms with Crippen LogP contribution in [0.3, 0.4) is 0 Å². The van der Waals surface area contributed by atoms with E-state index in [-0.39, 0.29) is 11.8 Å². The van der Waals surface area contributed by atoms with Gasteiger partial charge in [0.1, 0.15) is 5.82 Å². The first-order valence-corrected chi connectivity index (χ1v) is 7.82. The van der Waals surface area contributed by atoms with Gasteiger partial charge in [-0.2, -0.15) is 29.9 Å². The lowest BCUT2D eigenvalue weighted by molar-refractivity contribution is -0.141. The zero-order valence-electron chi connectivity index (χ0n) is 11.7. The molecule has 2 rings (SSSR count). The molecule has 1 saturated heterocycles. The van der Waals surface area contributed by atoms with Crippen LogP contribution in [0, 0.1) is 0 Å². The Hall–Kier alpha value is -1.22. The van der Waals surface area contributed by atoms with Gasteiger partial charge in [0.15, 0.2) is 5.69 Å². The Morgan fingerprint density at radius 3 is 2.62 bits per heavy atom. The lowest BCUT2D eigenvalue weighted by Gasteiger charge is -2.26. The van der Waals surface area contributed by atoms with E-state index in [0.717, 1.165) is 37.2 Å². The van der Waals surface area contributed by atoms with Crippen molar-refractivity contribution < 1.29 is 13.2 Å². The zero-order chi connectivity index (χ0) is 15.3. The van der Waals surface area contributed by atoms with Crippen molar-refractivity contribution in [2.45, 2.75) is 6.18 Å². The van der Waals surface area contributed by atoms with Gasteiger partial charge in [-0.05, 0) is 0 Å². The molecule has 1 aliphatic heterocycles. The van der Waals surface area contributed by atoms with Crippen LogP contribution in [0.15, 0.2) is 6.07 Å². The van der Waals surface area contributed by atoms with Crippen molar-refractivity contribution in [3.05, 3.63) is 11.8 Å². The minimum Gasteiger partial charge on any atom is -0.369 e. The average Bonchev–Trinajstić information content (AvgIpc) is 2.47. The Bertz CT molecular complexity index is 463. The number of hydrogen-bond donors (Lipinski definition) is 2. The van der Waals surface area contributed by atoms with Crippen LogP contribution in [0.4, 0.5) is 24.9 Å². The minimum absolute atomic E-state index is 0.0401. The Balaban J connectivity index is 1.95. The average molecular weight is 321 g/mol. The first-order chi connectivity index (χ1) is 9.99. The lowest BCUT2D eigenvalue weighted by atomic mass is 10.3. The third-order valence-electron chi connectivity index (χ3n) is 3.08. The van der Waals surface area contributed by atoms with E-state index in [4.69, 9.17) is 0 Å². The molecule has 0 aromatic carbocycles. The van der Waals surface area contributed by atoms with Gasteiger partial charge in [-0.25, -0.2) is 4.98 Å². The van der Waals surface area contributed by atoms with Crippen molar-refractivity contribution in [2.75, 3.05) is 55.4 Å². The standard InChI is InChI=1S/C12H18F3N5S/c1-16-11-18-9(12(13,14)15)8-10(19-11)17-2-3-20-4-6-21-7-5-20/h8H,2-7H2,1H3,(H2,16,17,18,19). The number of rotatable bonds is 5. The van der Waals surface area contributed by atoms with Gasteiger partial charge in [0.2, 0.25) is 5.95 Å². The quantitative estimate of drug-likeness (QED) is 0.865. The first-order valence-electron chi connectivity index (χ1n) is 6.67. The second-order valence-corrected chi connectivity index (χ2v) is 5.82. The molecule has 2 N–H and O–H groups in total. The molecular weight excluding hydrogens is 303 g/mol. The highest BCUT2D eigenvalue weighted by molar-refractivity contribution is 7.99. The molecule has 0 aliphatic carbocycles.